The lowest BCUT2D eigenvalue weighted by Gasteiger charge is -2.13. The van der Waals surface area contributed by atoms with E-state index in [1.54, 1.807) is 30.5 Å². The van der Waals surface area contributed by atoms with Crippen LogP contribution in [0.1, 0.15) is 11.1 Å². The molecule has 1 aromatic heterocycles. The zero-order valence-electron chi connectivity index (χ0n) is 15.2. The fourth-order valence-electron chi connectivity index (χ4n) is 2.57. The number of hydrogen-bond acceptors (Lipinski definition) is 6. The van der Waals surface area contributed by atoms with Gasteiger partial charge in [-0.05, 0) is 30.5 Å². The van der Waals surface area contributed by atoms with Gasteiger partial charge in [0.15, 0.2) is 16.7 Å². The highest BCUT2D eigenvalue weighted by molar-refractivity contribution is 7.98. The van der Waals surface area contributed by atoms with Crippen LogP contribution < -0.4 is 15.0 Å². The van der Waals surface area contributed by atoms with Gasteiger partial charge in [-0.3, -0.25) is 4.79 Å². The van der Waals surface area contributed by atoms with Gasteiger partial charge in [0.2, 0.25) is 0 Å². The highest BCUT2D eigenvalue weighted by atomic mass is 35.5. The number of methoxy groups -OCH3 is 1. The molecule has 142 valence electrons. The zero-order chi connectivity index (χ0) is 20.1. The Morgan fingerprint density at radius 3 is 2.71 bits per heavy atom. The molecule has 1 heterocycles. The second-order valence-corrected chi connectivity index (χ2v) is 6.86. The number of nitrogens with zero attached hydrogens (tertiary/aromatic N) is 2. The number of rotatable bonds is 6. The molecule has 0 saturated heterocycles. The third-order valence-electron chi connectivity index (χ3n) is 3.98. The van der Waals surface area contributed by atoms with E-state index in [0.717, 1.165) is 5.56 Å². The number of nitriles is 1. The minimum absolute atomic E-state index is 0.0555. The Morgan fingerprint density at radius 1 is 1.25 bits per heavy atom. The van der Waals surface area contributed by atoms with Crippen LogP contribution in [0.2, 0.25) is 5.02 Å². The first kappa shape index (κ1) is 19.8. The Balaban J connectivity index is 2.02. The Kier molecular flexibility index (Phi) is 6.24. The van der Waals surface area contributed by atoms with Gasteiger partial charge in [0.05, 0.1) is 12.8 Å². The van der Waals surface area contributed by atoms with Crippen molar-refractivity contribution in [3.05, 3.63) is 69.0 Å². The summed E-state index contributed by atoms with van der Waals surface area (Å²) in [5.41, 5.74) is 1.16. The Hall–Kier alpha value is -2.95. The molecule has 0 amide bonds. The van der Waals surface area contributed by atoms with Crippen molar-refractivity contribution in [1.29, 1.82) is 5.26 Å². The average Bonchev–Trinajstić information content (AvgIpc) is 2.72. The number of ether oxygens (including phenoxy) is 2. The van der Waals surface area contributed by atoms with E-state index in [-0.39, 0.29) is 12.2 Å². The van der Waals surface area contributed by atoms with Gasteiger partial charge in [-0.15, -0.1) is 0 Å². The van der Waals surface area contributed by atoms with Crippen molar-refractivity contribution >= 4 is 23.4 Å². The quantitative estimate of drug-likeness (QED) is 0.479. The van der Waals surface area contributed by atoms with Gasteiger partial charge in [0.25, 0.3) is 5.56 Å². The smallest absolute Gasteiger partial charge is 0.270 e. The molecule has 2 aromatic carbocycles. The molecule has 0 aliphatic carbocycles. The maximum absolute atomic E-state index is 12.2. The summed E-state index contributed by atoms with van der Waals surface area (Å²) < 4.78 is 11.3. The molecule has 0 radical (unpaired) electrons. The van der Waals surface area contributed by atoms with E-state index >= 15 is 0 Å². The zero-order valence-corrected chi connectivity index (χ0v) is 16.7. The van der Waals surface area contributed by atoms with Gasteiger partial charge < -0.3 is 14.5 Å². The second kappa shape index (κ2) is 8.83. The van der Waals surface area contributed by atoms with E-state index in [4.69, 9.17) is 21.1 Å². The summed E-state index contributed by atoms with van der Waals surface area (Å²) in [7, 11) is 1.54. The number of thioether (sulfide) groups is 1. The van der Waals surface area contributed by atoms with Crippen molar-refractivity contribution in [3.63, 3.8) is 0 Å². The summed E-state index contributed by atoms with van der Waals surface area (Å²) in [6.07, 6.45) is 1.79. The highest BCUT2D eigenvalue weighted by Crippen LogP contribution is 2.33. The number of benzene rings is 2. The minimum Gasteiger partial charge on any atom is -0.493 e. The lowest BCUT2D eigenvalue weighted by Crippen LogP contribution is -2.14. The molecular formula is C20H16ClN3O3S. The highest BCUT2D eigenvalue weighted by Gasteiger charge is 2.16. The molecule has 1 N–H and O–H groups in total. The van der Waals surface area contributed by atoms with Crippen molar-refractivity contribution < 1.29 is 9.47 Å². The van der Waals surface area contributed by atoms with Gasteiger partial charge in [-0.1, -0.05) is 41.6 Å². The van der Waals surface area contributed by atoms with Crippen molar-refractivity contribution in [2.75, 3.05) is 13.4 Å². The van der Waals surface area contributed by atoms with Crippen LogP contribution in [0.4, 0.5) is 0 Å². The number of halogens is 1. The topological polar surface area (TPSA) is 88.0 Å². The third-order valence-corrected chi connectivity index (χ3v) is 4.93. The normalized spacial score (nSPS) is 10.4. The Labute approximate surface area is 171 Å². The molecule has 0 saturated carbocycles. The van der Waals surface area contributed by atoms with E-state index in [1.807, 2.05) is 24.3 Å². The fraction of sp³-hybridized carbons (Fsp3) is 0.150. The number of hydrogen-bond donors (Lipinski definition) is 1. The predicted molar refractivity (Wildman–Crippen MR) is 109 cm³/mol. The molecular weight excluding hydrogens is 398 g/mol. The van der Waals surface area contributed by atoms with Crippen LogP contribution in [0.25, 0.3) is 11.3 Å². The number of aromatic amines is 1. The van der Waals surface area contributed by atoms with Crippen LogP contribution >= 0.6 is 23.4 Å². The summed E-state index contributed by atoms with van der Waals surface area (Å²) in [6, 6.07) is 14.4. The number of H-pyrrole nitrogens is 1. The van der Waals surface area contributed by atoms with E-state index in [1.165, 1.54) is 18.9 Å². The second-order valence-electron chi connectivity index (χ2n) is 5.66. The molecule has 0 bridgehead atoms. The van der Waals surface area contributed by atoms with Crippen molar-refractivity contribution in [2.45, 2.75) is 11.8 Å². The van der Waals surface area contributed by atoms with Crippen LogP contribution in [0, 0.1) is 11.3 Å². The van der Waals surface area contributed by atoms with E-state index in [9.17, 15) is 10.1 Å². The van der Waals surface area contributed by atoms with E-state index < -0.39 is 5.56 Å². The predicted octanol–water partition coefficient (Wildman–Crippen LogP) is 4.27. The largest absolute Gasteiger partial charge is 0.493 e. The molecule has 6 nitrogen and oxygen atoms in total. The standard InChI is InChI=1S/C20H16ClN3O3S/c1-26-16-8-7-12(18-14(10-22)19(25)24-20(23-18)28-2)9-17(16)27-11-13-5-3-4-6-15(13)21/h3-9H,11H2,1-2H3,(H,23,24,25). The molecule has 0 aliphatic heterocycles. The first-order valence-corrected chi connectivity index (χ1v) is 9.80. The molecule has 8 heteroatoms. The van der Waals surface area contributed by atoms with Gasteiger partial charge in [-0.25, -0.2) is 4.98 Å². The van der Waals surface area contributed by atoms with Crippen LogP contribution in [-0.2, 0) is 6.61 Å². The fourth-order valence-corrected chi connectivity index (χ4v) is 3.14. The summed E-state index contributed by atoms with van der Waals surface area (Å²) in [4.78, 5) is 19.1. The summed E-state index contributed by atoms with van der Waals surface area (Å²) in [6.45, 7) is 0.240. The van der Waals surface area contributed by atoms with Crippen molar-refractivity contribution in [2.24, 2.45) is 0 Å². The molecule has 0 unspecified atom stereocenters. The van der Waals surface area contributed by atoms with E-state index in [0.29, 0.717) is 32.9 Å². The maximum atomic E-state index is 12.2. The first-order chi connectivity index (χ1) is 13.6. The van der Waals surface area contributed by atoms with Gasteiger partial charge in [0.1, 0.15) is 18.2 Å². The first-order valence-electron chi connectivity index (χ1n) is 8.20. The average molecular weight is 414 g/mol. The number of nitrogens with one attached hydrogen (secondary N) is 1. The monoisotopic (exact) mass is 413 g/mol. The van der Waals surface area contributed by atoms with Gasteiger partial charge in [0, 0.05) is 16.1 Å². The van der Waals surface area contributed by atoms with Crippen LogP contribution in [0.3, 0.4) is 0 Å². The Bertz CT molecular complexity index is 1110. The molecule has 0 fully saturated rings. The molecule has 3 rings (SSSR count). The van der Waals surface area contributed by atoms with Crippen LogP contribution in [-0.4, -0.2) is 23.3 Å². The van der Waals surface area contributed by atoms with Crippen LogP contribution in [0.15, 0.2) is 52.4 Å². The summed E-state index contributed by atoms with van der Waals surface area (Å²) in [5, 5.41) is 10.4. The maximum Gasteiger partial charge on any atom is 0.270 e. The van der Waals surface area contributed by atoms with Gasteiger partial charge >= 0.3 is 0 Å². The van der Waals surface area contributed by atoms with Crippen LogP contribution in [0.5, 0.6) is 11.5 Å². The number of aromatic nitrogens is 2. The lowest BCUT2D eigenvalue weighted by molar-refractivity contribution is 0.285. The lowest BCUT2D eigenvalue weighted by atomic mass is 10.1. The molecule has 28 heavy (non-hydrogen) atoms. The minimum atomic E-state index is -0.480. The third kappa shape index (κ3) is 4.14. The summed E-state index contributed by atoms with van der Waals surface area (Å²) >= 11 is 7.47. The summed E-state index contributed by atoms with van der Waals surface area (Å²) in [5.74, 6) is 0.973. The molecule has 0 aliphatic rings. The van der Waals surface area contributed by atoms with E-state index in [2.05, 4.69) is 9.97 Å². The molecule has 3 aromatic rings. The SMILES string of the molecule is COc1ccc(-c2nc(SC)[nH]c(=O)c2C#N)cc1OCc1ccccc1Cl. The molecule has 0 atom stereocenters. The molecule has 0 spiro atoms. The van der Waals surface area contributed by atoms with Gasteiger partial charge in [-0.2, -0.15) is 5.26 Å². The van der Waals surface area contributed by atoms with Crippen molar-refractivity contribution in [1.82, 2.24) is 9.97 Å². The van der Waals surface area contributed by atoms with Crippen molar-refractivity contribution in [3.8, 4) is 28.8 Å². The Morgan fingerprint density at radius 2 is 2.04 bits per heavy atom.